The number of halogens is 1. The highest BCUT2D eigenvalue weighted by atomic mass is 35.5. The van der Waals surface area contributed by atoms with Gasteiger partial charge in [-0.05, 0) is 60.5 Å². The minimum absolute atomic E-state index is 0.234. The van der Waals surface area contributed by atoms with Crippen LogP contribution in [0.4, 0.5) is 0 Å². The summed E-state index contributed by atoms with van der Waals surface area (Å²) in [5.74, 6) is 0. The lowest BCUT2D eigenvalue weighted by Gasteiger charge is -2.19. The molecule has 2 atom stereocenters. The van der Waals surface area contributed by atoms with Crippen LogP contribution < -0.4 is 4.72 Å². The van der Waals surface area contributed by atoms with E-state index in [1.165, 1.54) is 0 Å². The van der Waals surface area contributed by atoms with E-state index < -0.39 is 16.1 Å². The molecule has 5 nitrogen and oxygen atoms in total. The summed E-state index contributed by atoms with van der Waals surface area (Å²) in [7, 11) is -3.44. The Hall–Kier alpha value is -2.29. The van der Waals surface area contributed by atoms with Crippen LogP contribution >= 0.6 is 22.9 Å². The number of fused-ring (bicyclic) bond motifs is 1. The average molecular weight is 511 g/mol. The van der Waals surface area contributed by atoms with Gasteiger partial charge in [0.15, 0.2) is 0 Å². The smallest absolute Gasteiger partial charge is 0.215 e. The normalized spacial score (nSPS) is 21.0. The molecule has 0 radical (unpaired) electrons. The summed E-state index contributed by atoms with van der Waals surface area (Å²) in [6.45, 7) is 2.79. The molecular weight excluding hydrogens is 488 g/mol. The summed E-state index contributed by atoms with van der Waals surface area (Å²) in [6.07, 6.45) is 3.22. The van der Waals surface area contributed by atoms with E-state index in [0.717, 1.165) is 37.3 Å². The van der Waals surface area contributed by atoms with Crippen LogP contribution in [-0.4, -0.2) is 25.3 Å². The van der Waals surface area contributed by atoms with Gasteiger partial charge in [-0.1, -0.05) is 48.0 Å². The van der Waals surface area contributed by atoms with Gasteiger partial charge in [0, 0.05) is 26.4 Å². The van der Waals surface area contributed by atoms with Crippen molar-refractivity contribution in [3.8, 4) is 11.3 Å². The molecule has 1 saturated heterocycles. The first-order valence-electron chi connectivity index (χ1n) is 11.2. The van der Waals surface area contributed by atoms with Gasteiger partial charge in [-0.3, -0.25) is 4.98 Å². The lowest BCUT2D eigenvalue weighted by molar-refractivity contribution is 0.329. The van der Waals surface area contributed by atoms with Crippen molar-refractivity contribution in [3.63, 3.8) is 0 Å². The third-order valence-electron chi connectivity index (χ3n) is 6.53. The minimum Gasteiger partial charge on any atom is -0.365 e. The van der Waals surface area contributed by atoms with Crippen molar-refractivity contribution in [1.29, 1.82) is 0 Å². The first-order valence-corrected chi connectivity index (χ1v) is 14.0. The van der Waals surface area contributed by atoms with Crippen LogP contribution in [0.3, 0.4) is 0 Å². The number of hydrogen-bond acceptors (Lipinski definition) is 5. The molecule has 4 aromatic rings. The van der Waals surface area contributed by atoms with Crippen LogP contribution in [-0.2, 0) is 20.4 Å². The van der Waals surface area contributed by atoms with Crippen LogP contribution in [0.2, 0.25) is 5.02 Å². The number of pyridine rings is 1. The van der Waals surface area contributed by atoms with Crippen LogP contribution in [0.1, 0.15) is 41.8 Å². The number of epoxide rings is 1. The number of sulfonamides is 1. The molecule has 1 N–H and O–H groups in total. The van der Waals surface area contributed by atoms with Crippen LogP contribution in [0.15, 0.2) is 66.9 Å². The molecule has 2 aliphatic rings. The first-order chi connectivity index (χ1) is 16.3. The second kappa shape index (κ2) is 8.14. The fraction of sp³-hybridized carbons (Fsp3) is 0.269. The van der Waals surface area contributed by atoms with Gasteiger partial charge in [0.1, 0.15) is 5.60 Å². The zero-order valence-electron chi connectivity index (χ0n) is 18.5. The summed E-state index contributed by atoms with van der Waals surface area (Å²) in [6, 6.07) is 19.1. The third-order valence-corrected chi connectivity index (χ3v) is 10.0. The largest absolute Gasteiger partial charge is 0.365 e. The fourth-order valence-electron chi connectivity index (χ4n) is 4.23. The van der Waals surface area contributed by atoms with Crippen LogP contribution in [0, 0.1) is 0 Å². The number of ether oxygens (including phenoxy) is 1. The van der Waals surface area contributed by atoms with E-state index in [-0.39, 0.29) is 10.9 Å². The Kier molecular flexibility index (Phi) is 5.31. The molecule has 3 heterocycles. The topological polar surface area (TPSA) is 71.6 Å². The summed E-state index contributed by atoms with van der Waals surface area (Å²) < 4.78 is 35.5. The van der Waals surface area contributed by atoms with E-state index in [4.69, 9.17) is 16.3 Å². The Morgan fingerprint density at radius 2 is 1.94 bits per heavy atom. The quantitative estimate of drug-likeness (QED) is 0.308. The van der Waals surface area contributed by atoms with Crippen molar-refractivity contribution in [2.75, 3.05) is 6.61 Å². The molecule has 8 heteroatoms. The van der Waals surface area contributed by atoms with Gasteiger partial charge in [-0.25, -0.2) is 13.1 Å². The SMILES string of the molecule is CC1(c2ccnc(-c3cccc4cc(C(NS(=O)(=O)C5CC5)c5ccccc5Cl)sc34)c2)CO1. The molecular formula is C26H23ClN2O3S2. The van der Waals surface area contributed by atoms with Crippen molar-refractivity contribution in [2.45, 2.75) is 36.7 Å². The molecule has 2 aromatic heterocycles. The highest BCUT2D eigenvalue weighted by Crippen LogP contribution is 2.43. The summed E-state index contributed by atoms with van der Waals surface area (Å²) in [5, 5.41) is 1.26. The minimum atomic E-state index is -3.44. The Morgan fingerprint density at radius 3 is 2.68 bits per heavy atom. The molecule has 1 aliphatic heterocycles. The maximum absolute atomic E-state index is 12.9. The first kappa shape index (κ1) is 22.2. The van der Waals surface area contributed by atoms with Gasteiger partial charge in [-0.2, -0.15) is 0 Å². The monoisotopic (exact) mass is 510 g/mol. The summed E-state index contributed by atoms with van der Waals surface area (Å²) in [5.41, 5.74) is 3.52. The summed E-state index contributed by atoms with van der Waals surface area (Å²) >= 11 is 8.11. The predicted octanol–water partition coefficient (Wildman–Crippen LogP) is 6.03. The molecule has 2 fully saturated rings. The average Bonchev–Trinajstić information content (AvgIpc) is 3.76. The van der Waals surface area contributed by atoms with Gasteiger partial charge in [-0.15, -0.1) is 11.3 Å². The fourth-order valence-corrected chi connectivity index (χ4v) is 7.34. The number of thiophene rings is 1. The number of nitrogens with one attached hydrogen (secondary N) is 1. The molecule has 174 valence electrons. The predicted molar refractivity (Wildman–Crippen MR) is 137 cm³/mol. The zero-order chi connectivity index (χ0) is 23.5. The molecule has 2 aromatic carbocycles. The second-order valence-corrected chi connectivity index (χ2v) is 12.6. The molecule has 34 heavy (non-hydrogen) atoms. The van der Waals surface area contributed by atoms with E-state index in [1.807, 2.05) is 42.6 Å². The zero-order valence-corrected chi connectivity index (χ0v) is 20.9. The van der Waals surface area contributed by atoms with E-state index in [1.54, 1.807) is 17.4 Å². The van der Waals surface area contributed by atoms with Crippen molar-refractivity contribution >= 4 is 43.0 Å². The third kappa shape index (κ3) is 4.06. The van der Waals surface area contributed by atoms with E-state index in [2.05, 4.69) is 34.8 Å². The highest BCUT2D eigenvalue weighted by molar-refractivity contribution is 7.90. The number of benzene rings is 2. The number of hydrogen-bond donors (Lipinski definition) is 1. The highest BCUT2D eigenvalue weighted by Gasteiger charge is 2.41. The van der Waals surface area contributed by atoms with Gasteiger partial charge in [0.05, 0.1) is 23.6 Å². The lowest BCUT2D eigenvalue weighted by Crippen LogP contribution is -2.31. The number of aromatic nitrogens is 1. The molecule has 1 saturated carbocycles. The Morgan fingerprint density at radius 1 is 1.15 bits per heavy atom. The maximum atomic E-state index is 12.9. The standard InChI is InChI=1S/C26H23ClN2O3S2/c1-26(15-32-26)17-11-12-28-22(14-17)20-7-4-5-16-13-23(33-25(16)20)24(19-6-2-3-8-21(19)27)29-34(30,31)18-9-10-18/h2-8,11-14,18,24,29H,9-10,15H2,1H3. The van der Waals surface area contributed by atoms with E-state index >= 15 is 0 Å². The lowest BCUT2D eigenvalue weighted by atomic mass is 10.00. The number of nitrogens with zero attached hydrogens (tertiary/aromatic N) is 1. The van der Waals surface area contributed by atoms with Crippen molar-refractivity contribution < 1.29 is 13.2 Å². The Labute approximate surface area is 207 Å². The maximum Gasteiger partial charge on any atom is 0.215 e. The van der Waals surface area contributed by atoms with Gasteiger partial charge < -0.3 is 4.74 Å². The Bertz CT molecular complexity index is 1510. The van der Waals surface area contributed by atoms with Gasteiger partial charge >= 0.3 is 0 Å². The van der Waals surface area contributed by atoms with Crippen molar-refractivity contribution in [2.24, 2.45) is 0 Å². The van der Waals surface area contributed by atoms with Gasteiger partial charge in [0.2, 0.25) is 10.0 Å². The summed E-state index contributed by atoms with van der Waals surface area (Å²) in [4.78, 5) is 5.53. The number of rotatable bonds is 7. The Balaban J connectivity index is 1.46. The second-order valence-electron chi connectivity index (χ2n) is 9.14. The molecule has 1 aliphatic carbocycles. The molecule has 0 amide bonds. The van der Waals surface area contributed by atoms with Crippen molar-refractivity contribution in [1.82, 2.24) is 9.71 Å². The van der Waals surface area contributed by atoms with E-state index in [0.29, 0.717) is 24.5 Å². The van der Waals surface area contributed by atoms with E-state index in [9.17, 15) is 8.42 Å². The van der Waals surface area contributed by atoms with Gasteiger partial charge in [0.25, 0.3) is 0 Å². The molecule has 2 unspecified atom stereocenters. The van der Waals surface area contributed by atoms with Crippen LogP contribution in [0.25, 0.3) is 21.3 Å². The molecule has 6 rings (SSSR count). The molecule has 0 spiro atoms. The molecule has 0 bridgehead atoms. The van der Waals surface area contributed by atoms with Crippen molar-refractivity contribution in [3.05, 3.63) is 87.9 Å². The van der Waals surface area contributed by atoms with Crippen LogP contribution in [0.5, 0.6) is 0 Å².